The normalized spacial score (nSPS) is 17.0. The molecule has 0 bridgehead atoms. The zero-order valence-corrected chi connectivity index (χ0v) is 12.3. The van der Waals surface area contributed by atoms with E-state index < -0.39 is 0 Å². The van der Waals surface area contributed by atoms with E-state index in [-0.39, 0.29) is 0 Å². The van der Waals surface area contributed by atoms with Crippen LogP contribution in [0.3, 0.4) is 0 Å². The second kappa shape index (κ2) is 4.62. The highest BCUT2D eigenvalue weighted by Crippen LogP contribution is 2.34. The molecule has 0 radical (unpaired) electrons. The van der Waals surface area contributed by atoms with Crippen molar-refractivity contribution in [1.82, 2.24) is 4.98 Å². The molecule has 2 heterocycles. The third kappa shape index (κ3) is 2.09. The Morgan fingerprint density at radius 2 is 2.10 bits per heavy atom. The second-order valence-corrected chi connectivity index (χ2v) is 5.91. The predicted molar refractivity (Wildman–Crippen MR) is 84.9 cm³/mol. The van der Waals surface area contributed by atoms with Crippen molar-refractivity contribution in [3.05, 3.63) is 59.0 Å². The highest BCUT2D eigenvalue weighted by molar-refractivity contribution is 5.77. The highest BCUT2D eigenvalue weighted by Gasteiger charge is 2.24. The van der Waals surface area contributed by atoms with Crippen LogP contribution >= 0.6 is 0 Å². The van der Waals surface area contributed by atoms with E-state index in [4.69, 9.17) is 4.42 Å². The number of benzene rings is 2. The molecule has 0 saturated carbocycles. The van der Waals surface area contributed by atoms with Gasteiger partial charge in [-0.2, -0.15) is 0 Å². The number of hydrogen-bond acceptors (Lipinski definition) is 3. The van der Waals surface area contributed by atoms with Crippen LogP contribution in [0.15, 0.2) is 40.8 Å². The van der Waals surface area contributed by atoms with Gasteiger partial charge in [-0.3, -0.25) is 0 Å². The van der Waals surface area contributed by atoms with Gasteiger partial charge in [0.1, 0.15) is 5.52 Å². The fourth-order valence-corrected chi connectivity index (χ4v) is 3.26. The van der Waals surface area contributed by atoms with Crippen LogP contribution in [0.4, 0.5) is 5.69 Å². The largest absolute Gasteiger partial charge is 0.440 e. The monoisotopic (exact) mass is 278 g/mol. The number of nitrogens with zero attached hydrogens (tertiary/aromatic N) is 1. The highest BCUT2D eigenvalue weighted by atomic mass is 16.3. The average molecular weight is 278 g/mol. The smallest absolute Gasteiger partial charge is 0.196 e. The second-order valence-electron chi connectivity index (χ2n) is 5.91. The van der Waals surface area contributed by atoms with Gasteiger partial charge in [-0.25, -0.2) is 4.98 Å². The lowest BCUT2D eigenvalue weighted by Gasteiger charge is -2.06. The van der Waals surface area contributed by atoms with Gasteiger partial charge in [-0.1, -0.05) is 24.3 Å². The van der Waals surface area contributed by atoms with Crippen molar-refractivity contribution in [2.75, 3.05) is 11.9 Å². The minimum atomic E-state index is 0.440. The van der Waals surface area contributed by atoms with E-state index in [0.717, 1.165) is 35.5 Å². The van der Waals surface area contributed by atoms with Crippen LogP contribution in [-0.2, 0) is 6.42 Å². The SMILES string of the molecule is Cc1cc(C)c2oc(CC3CNc4ccccc43)nc2c1. The molecule has 3 nitrogen and oxygen atoms in total. The predicted octanol–water partition coefficient (Wildman–Crippen LogP) is 4.20. The Kier molecular flexibility index (Phi) is 2.74. The molecule has 3 heteroatoms. The molecule has 0 fully saturated rings. The lowest BCUT2D eigenvalue weighted by molar-refractivity contribution is 0.506. The van der Waals surface area contributed by atoms with E-state index >= 15 is 0 Å². The van der Waals surface area contributed by atoms with Crippen molar-refractivity contribution in [2.45, 2.75) is 26.2 Å². The van der Waals surface area contributed by atoms with Gasteiger partial charge in [-0.05, 0) is 42.7 Å². The Morgan fingerprint density at radius 1 is 1.24 bits per heavy atom. The van der Waals surface area contributed by atoms with Crippen molar-refractivity contribution >= 4 is 16.8 Å². The van der Waals surface area contributed by atoms with Crippen LogP contribution in [-0.4, -0.2) is 11.5 Å². The first kappa shape index (κ1) is 12.5. The number of nitrogens with one attached hydrogen (secondary N) is 1. The van der Waals surface area contributed by atoms with Gasteiger partial charge in [0.25, 0.3) is 0 Å². The summed E-state index contributed by atoms with van der Waals surface area (Å²) in [5.74, 6) is 1.28. The van der Waals surface area contributed by atoms with E-state index in [1.807, 2.05) is 0 Å². The number of anilines is 1. The summed E-state index contributed by atoms with van der Waals surface area (Å²) >= 11 is 0. The summed E-state index contributed by atoms with van der Waals surface area (Å²) in [6.45, 7) is 5.13. The summed E-state index contributed by atoms with van der Waals surface area (Å²) in [5.41, 5.74) is 6.90. The molecular formula is C18H18N2O. The Bertz CT molecular complexity index is 819. The van der Waals surface area contributed by atoms with E-state index in [1.54, 1.807) is 0 Å². The first-order valence-corrected chi connectivity index (χ1v) is 7.40. The summed E-state index contributed by atoms with van der Waals surface area (Å²) in [4.78, 5) is 4.68. The average Bonchev–Trinajstić information content (AvgIpc) is 3.04. The van der Waals surface area contributed by atoms with Crippen molar-refractivity contribution in [3.8, 4) is 0 Å². The first-order chi connectivity index (χ1) is 10.2. The summed E-state index contributed by atoms with van der Waals surface area (Å²) in [5, 5.41) is 3.46. The molecule has 3 aromatic rings. The minimum Gasteiger partial charge on any atom is -0.440 e. The van der Waals surface area contributed by atoms with E-state index in [0.29, 0.717) is 5.92 Å². The van der Waals surface area contributed by atoms with Crippen LogP contribution in [0.1, 0.15) is 28.5 Å². The van der Waals surface area contributed by atoms with Gasteiger partial charge >= 0.3 is 0 Å². The van der Waals surface area contributed by atoms with E-state index in [1.165, 1.54) is 16.8 Å². The summed E-state index contributed by atoms with van der Waals surface area (Å²) < 4.78 is 5.99. The van der Waals surface area contributed by atoms with Crippen LogP contribution in [0.25, 0.3) is 11.1 Å². The van der Waals surface area contributed by atoms with Gasteiger partial charge < -0.3 is 9.73 Å². The molecular weight excluding hydrogens is 260 g/mol. The number of rotatable bonds is 2. The van der Waals surface area contributed by atoms with Crippen molar-refractivity contribution in [1.29, 1.82) is 0 Å². The summed E-state index contributed by atoms with van der Waals surface area (Å²) in [6, 6.07) is 12.7. The molecule has 4 rings (SSSR count). The van der Waals surface area contributed by atoms with Crippen LogP contribution in [0, 0.1) is 13.8 Å². The molecule has 0 saturated heterocycles. The maximum Gasteiger partial charge on any atom is 0.196 e. The third-order valence-electron chi connectivity index (χ3n) is 4.22. The third-order valence-corrected chi connectivity index (χ3v) is 4.22. The van der Waals surface area contributed by atoms with E-state index in [9.17, 15) is 0 Å². The standard InChI is InChI=1S/C18H18N2O/c1-11-7-12(2)18-16(8-11)20-17(21-18)9-13-10-19-15-6-4-3-5-14(13)15/h3-8,13,19H,9-10H2,1-2H3. The molecule has 1 unspecified atom stereocenters. The van der Waals surface area contributed by atoms with Gasteiger partial charge in [-0.15, -0.1) is 0 Å². The molecule has 1 atom stereocenters. The molecule has 0 amide bonds. The van der Waals surface area contributed by atoms with Gasteiger partial charge in [0.2, 0.25) is 0 Å². The quantitative estimate of drug-likeness (QED) is 0.763. The molecule has 0 spiro atoms. The molecule has 106 valence electrons. The number of aryl methyl sites for hydroxylation is 2. The molecule has 1 aromatic heterocycles. The lowest BCUT2D eigenvalue weighted by atomic mass is 9.98. The molecule has 2 aromatic carbocycles. The Balaban J connectivity index is 1.68. The maximum atomic E-state index is 5.99. The summed E-state index contributed by atoms with van der Waals surface area (Å²) in [7, 11) is 0. The Morgan fingerprint density at radius 3 is 3.00 bits per heavy atom. The van der Waals surface area contributed by atoms with Crippen LogP contribution in [0.2, 0.25) is 0 Å². The maximum absolute atomic E-state index is 5.99. The van der Waals surface area contributed by atoms with Crippen molar-refractivity contribution in [3.63, 3.8) is 0 Å². The van der Waals surface area contributed by atoms with Gasteiger partial charge in [0.15, 0.2) is 11.5 Å². The summed E-state index contributed by atoms with van der Waals surface area (Å²) in [6.07, 6.45) is 0.844. The van der Waals surface area contributed by atoms with Crippen molar-refractivity contribution < 1.29 is 4.42 Å². The molecule has 1 aliphatic heterocycles. The zero-order chi connectivity index (χ0) is 14.4. The fraction of sp³-hybridized carbons (Fsp3) is 0.278. The minimum absolute atomic E-state index is 0.440. The van der Waals surface area contributed by atoms with E-state index in [2.05, 4.69) is 60.5 Å². The molecule has 21 heavy (non-hydrogen) atoms. The number of oxazole rings is 1. The van der Waals surface area contributed by atoms with Crippen LogP contribution in [0.5, 0.6) is 0 Å². The first-order valence-electron chi connectivity index (χ1n) is 7.40. The lowest BCUT2D eigenvalue weighted by Crippen LogP contribution is -2.05. The Labute approximate surface area is 124 Å². The molecule has 1 N–H and O–H groups in total. The van der Waals surface area contributed by atoms with Crippen molar-refractivity contribution in [2.24, 2.45) is 0 Å². The molecule has 0 aliphatic carbocycles. The topological polar surface area (TPSA) is 38.1 Å². The van der Waals surface area contributed by atoms with Crippen LogP contribution < -0.4 is 5.32 Å². The number of hydrogen-bond donors (Lipinski definition) is 1. The van der Waals surface area contributed by atoms with Gasteiger partial charge in [0, 0.05) is 24.6 Å². The zero-order valence-electron chi connectivity index (χ0n) is 12.3. The number of aromatic nitrogens is 1. The Hall–Kier alpha value is -2.29. The number of para-hydroxylation sites is 1. The molecule has 1 aliphatic rings. The fourth-order valence-electron chi connectivity index (χ4n) is 3.26. The number of fused-ring (bicyclic) bond motifs is 2. The van der Waals surface area contributed by atoms with Gasteiger partial charge in [0.05, 0.1) is 0 Å².